The molecule has 0 bridgehead atoms. The number of non-ortho nitro benzene ring substituents is 1. The number of hydrogen-bond donors (Lipinski definition) is 0. The molecule has 11 heteroatoms. The molecule has 0 saturated heterocycles. The molecule has 0 unspecified atom stereocenters. The van der Waals surface area contributed by atoms with Crippen molar-refractivity contribution >= 4 is 11.8 Å². The lowest BCUT2D eigenvalue weighted by atomic mass is 10.2. The van der Waals surface area contributed by atoms with E-state index in [1.807, 2.05) is 0 Å². The zero-order valence-electron chi connectivity index (χ0n) is 14.7. The summed E-state index contributed by atoms with van der Waals surface area (Å²) in [5, 5.41) is 10.6. The Morgan fingerprint density at radius 1 is 1.14 bits per heavy atom. The summed E-state index contributed by atoms with van der Waals surface area (Å²) in [6.07, 6.45) is -4.58. The average Bonchev–Trinajstić information content (AvgIpc) is 2.96. The van der Waals surface area contributed by atoms with E-state index in [4.69, 9.17) is 4.74 Å². The number of nitro groups is 1. The molecule has 0 aliphatic rings. The largest absolute Gasteiger partial charge is 0.427 e. The molecule has 0 fully saturated rings. The molecule has 0 radical (unpaired) electrons. The highest BCUT2D eigenvalue weighted by Gasteiger charge is 2.31. The van der Waals surface area contributed by atoms with Gasteiger partial charge in [-0.1, -0.05) is 6.07 Å². The van der Waals surface area contributed by atoms with Crippen molar-refractivity contribution in [3.63, 3.8) is 0 Å². The molecule has 0 aliphatic heterocycles. The van der Waals surface area contributed by atoms with Gasteiger partial charge in [-0.25, -0.2) is 14.2 Å². The van der Waals surface area contributed by atoms with E-state index >= 15 is 0 Å². The molecule has 3 aromatic rings. The minimum absolute atomic E-state index is 0.0445. The van der Waals surface area contributed by atoms with Gasteiger partial charge in [-0.15, -0.1) is 0 Å². The molecule has 0 saturated carbocycles. The van der Waals surface area contributed by atoms with Crippen LogP contribution in [-0.2, 0) is 6.18 Å². The van der Waals surface area contributed by atoms with Crippen molar-refractivity contribution in [3.8, 4) is 11.4 Å². The van der Waals surface area contributed by atoms with Crippen LogP contribution < -0.4 is 10.4 Å². The van der Waals surface area contributed by atoms with E-state index in [-0.39, 0.29) is 22.8 Å². The van der Waals surface area contributed by atoms with Crippen molar-refractivity contribution in [2.24, 2.45) is 0 Å². The molecule has 1 heterocycles. The number of ether oxygens (including phenoxy) is 1. The number of hydrogen-bond acceptors (Lipinski definition) is 5. The minimum atomic E-state index is -4.59. The molecule has 3 rings (SSSR count). The molecule has 0 spiro atoms. The van der Waals surface area contributed by atoms with E-state index in [1.165, 1.54) is 25.1 Å². The summed E-state index contributed by atoms with van der Waals surface area (Å²) in [7, 11) is 0. The summed E-state index contributed by atoms with van der Waals surface area (Å²) in [4.78, 5) is 34.9. The van der Waals surface area contributed by atoms with Gasteiger partial charge in [0.25, 0.3) is 5.69 Å². The van der Waals surface area contributed by atoms with Gasteiger partial charge < -0.3 is 4.74 Å². The maximum absolute atomic E-state index is 12.9. The molecule has 0 atom stereocenters. The van der Waals surface area contributed by atoms with Crippen LogP contribution in [0.5, 0.6) is 5.75 Å². The summed E-state index contributed by atoms with van der Waals surface area (Å²) in [5.41, 5.74) is -1.94. The number of imidazole rings is 1. The van der Waals surface area contributed by atoms with Crippen molar-refractivity contribution in [2.75, 3.05) is 0 Å². The molecule has 1 aromatic heterocycles. The third-order valence-corrected chi connectivity index (χ3v) is 3.95. The lowest BCUT2D eigenvalue weighted by Gasteiger charge is -2.09. The average molecular weight is 407 g/mol. The van der Waals surface area contributed by atoms with Crippen molar-refractivity contribution in [1.82, 2.24) is 9.13 Å². The van der Waals surface area contributed by atoms with Gasteiger partial charge in [0.1, 0.15) is 5.75 Å². The quantitative estimate of drug-likeness (QED) is 0.484. The lowest BCUT2D eigenvalue weighted by molar-refractivity contribution is -0.384. The number of nitrogens with zero attached hydrogens (tertiary/aromatic N) is 3. The Labute approximate surface area is 160 Å². The van der Waals surface area contributed by atoms with Gasteiger partial charge in [0.05, 0.1) is 16.2 Å². The fourth-order valence-corrected chi connectivity index (χ4v) is 2.61. The maximum Gasteiger partial charge on any atom is 0.427 e. The molecule has 8 nitrogen and oxygen atoms in total. The van der Waals surface area contributed by atoms with E-state index in [1.54, 1.807) is 0 Å². The highest BCUT2D eigenvalue weighted by molar-refractivity contribution is 5.73. The molecule has 0 N–H and O–H groups in total. The van der Waals surface area contributed by atoms with Crippen LogP contribution in [0.4, 0.5) is 23.7 Å². The predicted molar refractivity (Wildman–Crippen MR) is 94.3 cm³/mol. The number of aryl methyl sites for hydroxylation is 1. The summed E-state index contributed by atoms with van der Waals surface area (Å²) in [6.45, 7) is 1.44. The zero-order valence-corrected chi connectivity index (χ0v) is 14.7. The van der Waals surface area contributed by atoms with Gasteiger partial charge in [-0.05, 0) is 37.3 Å². The van der Waals surface area contributed by atoms with Gasteiger partial charge in [0.2, 0.25) is 0 Å². The molecular weight excluding hydrogens is 395 g/mol. The van der Waals surface area contributed by atoms with Crippen molar-refractivity contribution in [2.45, 2.75) is 13.1 Å². The van der Waals surface area contributed by atoms with E-state index in [0.717, 1.165) is 41.1 Å². The lowest BCUT2D eigenvalue weighted by Crippen LogP contribution is -2.30. The first-order chi connectivity index (χ1) is 13.6. The normalized spacial score (nSPS) is 11.3. The van der Waals surface area contributed by atoms with Crippen molar-refractivity contribution in [3.05, 3.63) is 86.6 Å². The van der Waals surface area contributed by atoms with E-state index in [2.05, 4.69) is 0 Å². The molecule has 0 amide bonds. The number of carbonyl (C=O) groups excluding carboxylic acids is 1. The minimum Gasteiger partial charge on any atom is -0.410 e. The number of nitro benzene ring substituents is 1. The van der Waals surface area contributed by atoms with Crippen LogP contribution in [0.25, 0.3) is 5.69 Å². The Morgan fingerprint density at radius 2 is 1.79 bits per heavy atom. The smallest absolute Gasteiger partial charge is 0.410 e. The fourth-order valence-electron chi connectivity index (χ4n) is 2.61. The molecule has 150 valence electrons. The van der Waals surface area contributed by atoms with E-state index in [0.29, 0.717) is 4.57 Å². The molecule has 29 heavy (non-hydrogen) atoms. The first kappa shape index (κ1) is 19.9. The van der Waals surface area contributed by atoms with Crippen molar-refractivity contribution < 1.29 is 27.6 Å². The van der Waals surface area contributed by atoms with E-state index < -0.39 is 28.4 Å². The van der Waals surface area contributed by atoms with Crippen molar-refractivity contribution in [1.29, 1.82) is 0 Å². The van der Waals surface area contributed by atoms with Crippen LogP contribution in [-0.4, -0.2) is 20.2 Å². The number of alkyl halides is 3. The molecule has 0 aliphatic carbocycles. The zero-order chi connectivity index (χ0) is 21.3. The Bertz CT molecular complexity index is 1150. The number of aromatic nitrogens is 2. The topological polar surface area (TPSA) is 96.4 Å². The van der Waals surface area contributed by atoms with Gasteiger partial charge in [-0.2, -0.15) is 13.2 Å². The summed E-state index contributed by atoms with van der Waals surface area (Å²) < 4.78 is 45.3. The molecular formula is C18H12F3N3O5. The Hall–Kier alpha value is -3.89. The monoisotopic (exact) mass is 407 g/mol. The Morgan fingerprint density at radius 3 is 2.38 bits per heavy atom. The van der Waals surface area contributed by atoms with Crippen LogP contribution in [0.2, 0.25) is 0 Å². The van der Waals surface area contributed by atoms with Gasteiger partial charge in [0.15, 0.2) is 0 Å². The standard InChI is InChI=1S/C18H12F3N3O5/c1-11-10-22(17(26)29-15-7-5-13(6-8-15)24(27)28)16(25)23(11)14-4-2-3-12(9-14)18(19,20)21/h2-10H,1H3. The second-order valence-electron chi connectivity index (χ2n) is 5.93. The summed E-state index contributed by atoms with van der Waals surface area (Å²) in [6, 6.07) is 8.70. The van der Waals surface area contributed by atoms with Crippen LogP contribution in [0.15, 0.2) is 59.5 Å². The van der Waals surface area contributed by atoms with E-state index in [9.17, 15) is 32.9 Å². The number of carbonyl (C=O) groups is 1. The Balaban J connectivity index is 1.92. The van der Waals surface area contributed by atoms with Gasteiger partial charge in [0, 0.05) is 24.0 Å². The van der Waals surface area contributed by atoms with Crippen LogP contribution in [0, 0.1) is 17.0 Å². The Kier molecular flexibility index (Phi) is 4.97. The summed E-state index contributed by atoms with van der Waals surface area (Å²) >= 11 is 0. The second-order valence-corrected chi connectivity index (χ2v) is 5.93. The number of halogens is 3. The fraction of sp³-hybridized carbons (Fsp3) is 0.111. The second kappa shape index (κ2) is 7.26. The van der Waals surface area contributed by atoms with Gasteiger partial charge >= 0.3 is 18.0 Å². The summed E-state index contributed by atoms with van der Waals surface area (Å²) in [5.74, 6) is -0.0445. The SMILES string of the molecule is Cc1cn(C(=O)Oc2ccc([N+](=O)[O-])cc2)c(=O)n1-c1cccc(C(F)(F)F)c1. The maximum atomic E-state index is 12.9. The number of rotatable bonds is 3. The highest BCUT2D eigenvalue weighted by Crippen LogP contribution is 2.30. The first-order valence-electron chi connectivity index (χ1n) is 8.03. The third-order valence-electron chi connectivity index (χ3n) is 3.95. The predicted octanol–water partition coefficient (Wildman–Crippen LogP) is 3.92. The highest BCUT2D eigenvalue weighted by atomic mass is 19.4. The van der Waals surface area contributed by atoms with Crippen LogP contribution in [0.1, 0.15) is 11.3 Å². The first-order valence-corrected chi connectivity index (χ1v) is 8.03. The van der Waals surface area contributed by atoms with Crippen LogP contribution >= 0.6 is 0 Å². The third kappa shape index (κ3) is 4.03. The van der Waals surface area contributed by atoms with Gasteiger partial charge in [-0.3, -0.25) is 14.7 Å². The van der Waals surface area contributed by atoms with Crippen LogP contribution in [0.3, 0.4) is 0 Å². The number of benzene rings is 2. The molecule has 2 aromatic carbocycles.